The van der Waals surface area contributed by atoms with Crippen molar-refractivity contribution in [3.05, 3.63) is 95.6 Å². The Kier molecular flexibility index (Phi) is 4.94. The fourth-order valence-corrected chi connectivity index (χ4v) is 3.48. The number of carbonyl (C=O) groups is 2. The molecule has 1 atom stereocenters. The summed E-state index contributed by atoms with van der Waals surface area (Å²) in [7, 11) is 0. The van der Waals surface area contributed by atoms with E-state index in [-0.39, 0.29) is 11.7 Å². The van der Waals surface area contributed by atoms with Gasteiger partial charge in [-0.2, -0.15) is 0 Å². The molecule has 3 aromatic rings. The Labute approximate surface area is 164 Å². The highest BCUT2D eigenvalue weighted by molar-refractivity contribution is 6.09. The molecule has 1 amide bonds. The summed E-state index contributed by atoms with van der Waals surface area (Å²) >= 11 is 0. The molecule has 4 nitrogen and oxygen atoms in total. The number of fused-ring (bicyclic) bond motifs is 1. The van der Waals surface area contributed by atoms with Crippen molar-refractivity contribution in [3.63, 3.8) is 0 Å². The minimum atomic E-state index is -0.609. The molecule has 4 heteroatoms. The normalized spacial score (nSPS) is 13.7. The van der Waals surface area contributed by atoms with Gasteiger partial charge in [-0.25, -0.2) is 0 Å². The van der Waals surface area contributed by atoms with Gasteiger partial charge in [0.2, 0.25) is 0 Å². The summed E-state index contributed by atoms with van der Waals surface area (Å²) in [6, 6.07) is 24.0. The number of ketones is 1. The molecule has 28 heavy (non-hydrogen) atoms. The van der Waals surface area contributed by atoms with Gasteiger partial charge < -0.3 is 9.64 Å². The summed E-state index contributed by atoms with van der Waals surface area (Å²) < 4.78 is 5.84. The first-order chi connectivity index (χ1) is 13.6. The number of para-hydroxylation sites is 1. The maximum atomic E-state index is 12.8. The first-order valence-corrected chi connectivity index (χ1v) is 9.39. The molecule has 0 spiro atoms. The summed E-state index contributed by atoms with van der Waals surface area (Å²) in [6.07, 6.45) is 0.257. The van der Waals surface area contributed by atoms with E-state index in [4.69, 9.17) is 4.74 Å². The van der Waals surface area contributed by atoms with Gasteiger partial charge in [-0.15, -0.1) is 0 Å². The predicted molar refractivity (Wildman–Crippen MR) is 109 cm³/mol. The fraction of sp³-hybridized carbons (Fsp3) is 0.167. The molecular weight excluding hydrogens is 350 g/mol. The van der Waals surface area contributed by atoms with Gasteiger partial charge in [0.15, 0.2) is 11.9 Å². The Morgan fingerprint density at radius 3 is 2.25 bits per heavy atom. The molecule has 140 valence electrons. The molecule has 0 bridgehead atoms. The third-order valence-electron chi connectivity index (χ3n) is 4.97. The lowest BCUT2D eigenvalue weighted by atomic mass is 10.0. The molecule has 0 fully saturated rings. The highest BCUT2D eigenvalue weighted by Gasteiger charge is 2.28. The van der Waals surface area contributed by atoms with Crippen molar-refractivity contribution < 1.29 is 14.3 Å². The maximum Gasteiger partial charge on any atom is 0.267 e. The van der Waals surface area contributed by atoms with Gasteiger partial charge in [0.25, 0.3) is 5.91 Å². The van der Waals surface area contributed by atoms with Gasteiger partial charge in [0.1, 0.15) is 5.75 Å². The molecular formula is C24H21NO3. The van der Waals surface area contributed by atoms with Crippen LogP contribution in [0.4, 0.5) is 5.69 Å². The van der Waals surface area contributed by atoms with Crippen LogP contribution in [-0.4, -0.2) is 24.3 Å². The Balaban J connectivity index is 1.43. The topological polar surface area (TPSA) is 46.6 Å². The smallest absolute Gasteiger partial charge is 0.267 e. The van der Waals surface area contributed by atoms with Crippen molar-refractivity contribution >= 4 is 17.4 Å². The van der Waals surface area contributed by atoms with Gasteiger partial charge in [-0.1, -0.05) is 48.5 Å². The summed E-state index contributed by atoms with van der Waals surface area (Å²) in [5, 5.41) is 0. The molecule has 3 aromatic carbocycles. The number of hydrogen-bond donors (Lipinski definition) is 0. The van der Waals surface area contributed by atoms with Crippen molar-refractivity contribution in [1.29, 1.82) is 0 Å². The monoisotopic (exact) mass is 371 g/mol. The second kappa shape index (κ2) is 7.69. The van der Waals surface area contributed by atoms with E-state index in [9.17, 15) is 9.59 Å². The molecule has 0 saturated carbocycles. The Morgan fingerprint density at radius 2 is 1.50 bits per heavy atom. The van der Waals surface area contributed by atoms with Gasteiger partial charge >= 0.3 is 0 Å². The second-order valence-electron chi connectivity index (χ2n) is 6.85. The Morgan fingerprint density at radius 1 is 0.857 bits per heavy atom. The van der Waals surface area contributed by atoms with Crippen LogP contribution >= 0.6 is 0 Å². The van der Waals surface area contributed by atoms with Crippen molar-refractivity contribution in [3.8, 4) is 5.75 Å². The van der Waals surface area contributed by atoms with E-state index in [1.54, 1.807) is 48.2 Å². The quantitative estimate of drug-likeness (QED) is 0.629. The number of ether oxygens (including phenoxy) is 1. The van der Waals surface area contributed by atoms with E-state index in [2.05, 4.69) is 6.07 Å². The van der Waals surface area contributed by atoms with E-state index in [0.29, 0.717) is 23.4 Å². The van der Waals surface area contributed by atoms with Crippen LogP contribution in [0.15, 0.2) is 78.9 Å². The fourth-order valence-electron chi connectivity index (χ4n) is 3.48. The maximum absolute atomic E-state index is 12.8. The Bertz CT molecular complexity index is 996. The zero-order valence-electron chi connectivity index (χ0n) is 15.7. The molecule has 0 unspecified atom stereocenters. The molecule has 1 aliphatic rings. The molecule has 1 aliphatic heterocycles. The minimum Gasteiger partial charge on any atom is -0.481 e. The minimum absolute atomic E-state index is 0.0371. The van der Waals surface area contributed by atoms with Gasteiger partial charge in [0.05, 0.1) is 0 Å². The van der Waals surface area contributed by atoms with Crippen molar-refractivity contribution in [2.24, 2.45) is 0 Å². The number of hydrogen-bond acceptors (Lipinski definition) is 3. The first kappa shape index (κ1) is 18.0. The number of rotatable bonds is 5. The van der Waals surface area contributed by atoms with E-state index >= 15 is 0 Å². The van der Waals surface area contributed by atoms with Crippen molar-refractivity contribution in [2.75, 3.05) is 11.4 Å². The zero-order valence-corrected chi connectivity index (χ0v) is 15.7. The summed E-state index contributed by atoms with van der Waals surface area (Å²) in [6.45, 7) is 2.43. The van der Waals surface area contributed by atoms with Crippen LogP contribution < -0.4 is 9.64 Å². The van der Waals surface area contributed by atoms with Crippen LogP contribution in [0.5, 0.6) is 5.75 Å². The lowest BCUT2D eigenvalue weighted by molar-refractivity contribution is -0.124. The van der Waals surface area contributed by atoms with E-state index < -0.39 is 6.10 Å². The standard InChI is InChI=1S/C24H21NO3/c1-17(24(27)25-16-15-18-7-5-6-10-22(18)25)28-21-13-11-20(12-14-21)23(26)19-8-3-2-4-9-19/h2-14,17H,15-16H2,1H3/t17-/m1/s1. The molecule has 4 rings (SSSR count). The van der Waals surface area contributed by atoms with Crippen LogP contribution in [0.3, 0.4) is 0 Å². The van der Waals surface area contributed by atoms with Gasteiger partial charge in [-0.3, -0.25) is 9.59 Å². The largest absolute Gasteiger partial charge is 0.481 e. The first-order valence-electron chi connectivity index (χ1n) is 9.39. The third-order valence-corrected chi connectivity index (χ3v) is 4.97. The number of carbonyl (C=O) groups excluding carboxylic acids is 2. The third kappa shape index (κ3) is 3.54. The summed E-state index contributed by atoms with van der Waals surface area (Å²) in [5.74, 6) is 0.470. The van der Waals surface area contributed by atoms with Crippen LogP contribution in [0.2, 0.25) is 0 Å². The highest BCUT2D eigenvalue weighted by atomic mass is 16.5. The van der Waals surface area contributed by atoms with E-state index in [0.717, 1.165) is 12.1 Å². The summed E-state index contributed by atoms with van der Waals surface area (Å²) in [4.78, 5) is 27.1. The highest BCUT2D eigenvalue weighted by Crippen LogP contribution is 2.28. The molecule has 0 N–H and O–H groups in total. The zero-order chi connectivity index (χ0) is 19.5. The van der Waals surface area contributed by atoms with Crippen LogP contribution in [-0.2, 0) is 11.2 Å². The Hall–Kier alpha value is -3.40. The number of anilines is 1. The SMILES string of the molecule is C[C@@H](Oc1ccc(C(=O)c2ccccc2)cc1)C(=O)N1CCc2ccccc21. The number of nitrogens with zero attached hydrogens (tertiary/aromatic N) is 1. The average molecular weight is 371 g/mol. The average Bonchev–Trinajstić information content (AvgIpc) is 3.18. The molecule has 1 heterocycles. The van der Waals surface area contributed by atoms with Gasteiger partial charge in [-0.05, 0) is 49.2 Å². The van der Waals surface area contributed by atoms with Gasteiger partial charge in [0, 0.05) is 23.4 Å². The molecule has 0 radical (unpaired) electrons. The number of benzene rings is 3. The lowest BCUT2D eigenvalue weighted by Gasteiger charge is -2.22. The van der Waals surface area contributed by atoms with Crippen LogP contribution in [0, 0.1) is 0 Å². The summed E-state index contributed by atoms with van der Waals surface area (Å²) in [5.41, 5.74) is 3.39. The molecule has 0 aliphatic carbocycles. The lowest BCUT2D eigenvalue weighted by Crippen LogP contribution is -2.39. The van der Waals surface area contributed by atoms with Crippen LogP contribution in [0.1, 0.15) is 28.4 Å². The molecule has 0 saturated heterocycles. The number of amides is 1. The predicted octanol–water partition coefficient (Wildman–Crippen LogP) is 4.27. The second-order valence-corrected chi connectivity index (χ2v) is 6.85. The van der Waals surface area contributed by atoms with Crippen molar-refractivity contribution in [2.45, 2.75) is 19.4 Å². The van der Waals surface area contributed by atoms with E-state index in [1.807, 2.05) is 36.4 Å². The van der Waals surface area contributed by atoms with E-state index in [1.165, 1.54) is 5.56 Å². The van der Waals surface area contributed by atoms with Crippen molar-refractivity contribution in [1.82, 2.24) is 0 Å². The van der Waals surface area contributed by atoms with Crippen LogP contribution in [0.25, 0.3) is 0 Å². The molecule has 0 aromatic heterocycles.